The van der Waals surface area contributed by atoms with Gasteiger partial charge in [-0.2, -0.15) is 8.78 Å². The number of alkyl halides is 2. The van der Waals surface area contributed by atoms with Crippen LogP contribution in [0.2, 0.25) is 0 Å². The van der Waals surface area contributed by atoms with Gasteiger partial charge in [-0.25, -0.2) is 0 Å². The molecule has 20 heavy (non-hydrogen) atoms. The Morgan fingerprint density at radius 2 is 2.20 bits per heavy atom. The van der Waals surface area contributed by atoms with E-state index < -0.39 is 18.4 Å². The third-order valence-electron chi connectivity index (χ3n) is 3.17. The number of hydrogen-bond acceptors (Lipinski definition) is 2. The van der Waals surface area contributed by atoms with Gasteiger partial charge in [-0.3, -0.25) is 9.59 Å². The molecular formula is C13H13BrF2N2O2. The van der Waals surface area contributed by atoms with Crippen LogP contribution in [0.5, 0.6) is 0 Å². The minimum atomic E-state index is -3.10. The molecule has 1 aromatic carbocycles. The van der Waals surface area contributed by atoms with Crippen LogP contribution in [0.4, 0.5) is 14.5 Å². The van der Waals surface area contributed by atoms with Crippen molar-refractivity contribution in [1.82, 2.24) is 5.32 Å². The summed E-state index contributed by atoms with van der Waals surface area (Å²) in [5.74, 6) is -1.77. The quantitative estimate of drug-likeness (QED) is 0.912. The molecule has 1 atom stereocenters. The topological polar surface area (TPSA) is 49.4 Å². The van der Waals surface area contributed by atoms with Gasteiger partial charge in [0.2, 0.25) is 5.91 Å². The summed E-state index contributed by atoms with van der Waals surface area (Å²) in [6.07, 6.45) is -2.78. The molecule has 1 aromatic rings. The maximum Gasteiger partial charge on any atom is 0.315 e. The summed E-state index contributed by atoms with van der Waals surface area (Å²) >= 11 is 3.37. The third kappa shape index (κ3) is 2.98. The van der Waals surface area contributed by atoms with Crippen molar-refractivity contribution in [2.75, 3.05) is 11.4 Å². The zero-order valence-electron chi connectivity index (χ0n) is 10.7. The number of hydrogen-bond donors (Lipinski definition) is 1. The first-order chi connectivity index (χ1) is 9.40. The minimum Gasteiger partial charge on any atom is -0.339 e. The van der Waals surface area contributed by atoms with Crippen molar-refractivity contribution in [3.05, 3.63) is 28.2 Å². The Morgan fingerprint density at radius 3 is 2.80 bits per heavy atom. The second-order valence-electron chi connectivity index (χ2n) is 4.57. The maximum atomic E-state index is 12.2. The van der Waals surface area contributed by atoms with Crippen LogP contribution in [0.1, 0.15) is 12.0 Å². The number of benzene rings is 1. The molecule has 1 saturated heterocycles. The normalized spacial score (nSPS) is 18.8. The summed E-state index contributed by atoms with van der Waals surface area (Å²) in [4.78, 5) is 24.6. The Bertz CT molecular complexity index is 551. The van der Waals surface area contributed by atoms with Crippen LogP contribution in [0.15, 0.2) is 22.7 Å². The van der Waals surface area contributed by atoms with Crippen molar-refractivity contribution < 1.29 is 18.4 Å². The van der Waals surface area contributed by atoms with E-state index in [1.807, 2.05) is 19.1 Å². The molecule has 0 saturated carbocycles. The molecule has 0 aliphatic carbocycles. The first-order valence-corrected chi connectivity index (χ1v) is 6.85. The molecule has 108 valence electrons. The second-order valence-corrected chi connectivity index (χ2v) is 5.43. The zero-order chi connectivity index (χ0) is 14.9. The Labute approximate surface area is 123 Å². The van der Waals surface area contributed by atoms with Gasteiger partial charge in [-0.05, 0) is 37.1 Å². The van der Waals surface area contributed by atoms with E-state index in [4.69, 9.17) is 0 Å². The fraction of sp³-hybridized carbons (Fsp3) is 0.385. The number of anilines is 1. The minimum absolute atomic E-state index is 0.326. The summed E-state index contributed by atoms with van der Waals surface area (Å²) in [7, 11) is 0. The predicted molar refractivity (Wildman–Crippen MR) is 73.8 cm³/mol. The van der Waals surface area contributed by atoms with E-state index in [1.165, 1.54) is 4.90 Å². The molecule has 0 bridgehead atoms. The number of amides is 2. The first kappa shape index (κ1) is 14.9. The monoisotopic (exact) mass is 346 g/mol. The van der Waals surface area contributed by atoms with Crippen molar-refractivity contribution in [3.8, 4) is 0 Å². The number of nitrogens with zero attached hydrogens (tertiary/aromatic N) is 1. The van der Waals surface area contributed by atoms with Crippen LogP contribution in [0.25, 0.3) is 0 Å². The highest BCUT2D eigenvalue weighted by atomic mass is 79.9. The number of carbonyl (C=O) groups excluding carboxylic acids is 2. The highest BCUT2D eigenvalue weighted by molar-refractivity contribution is 9.10. The lowest BCUT2D eigenvalue weighted by Gasteiger charge is -2.18. The summed E-state index contributed by atoms with van der Waals surface area (Å²) in [5, 5.41) is 2.06. The lowest BCUT2D eigenvalue weighted by molar-refractivity contribution is -0.134. The molecule has 7 heteroatoms. The van der Waals surface area contributed by atoms with E-state index in [2.05, 4.69) is 21.2 Å². The third-order valence-corrected chi connectivity index (χ3v) is 4.06. The molecule has 1 aliphatic heterocycles. The van der Waals surface area contributed by atoms with E-state index in [0.29, 0.717) is 18.7 Å². The van der Waals surface area contributed by atoms with Crippen LogP contribution < -0.4 is 10.2 Å². The van der Waals surface area contributed by atoms with Crippen LogP contribution in [0, 0.1) is 6.92 Å². The molecule has 0 radical (unpaired) electrons. The first-order valence-electron chi connectivity index (χ1n) is 6.06. The Balaban J connectivity index is 2.11. The summed E-state index contributed by atoms with van der Waals surface area (Å²) in [5.41, 5.74) is 1.67. The van der Waals surface area contributed by atoms with Crippen molar-refractivity contribution in [2.45, 2.75) is 25.8 Å². The molecule has 0 unspecified atom stereocenters. The fourth-order valence-electron chi connectivity index (χ4n) is 2.10. The molecule has 1 N–H and O–H groups in total. The predicted octanol–water partition coefficient (Wildman–Crippen LogP) is 2.24. The SMILES string of the molecule is Cc1cc(N2CC[C@H](NC(=O)C(F)F)C2=O)ccc1Br. The van der Waals surface area contributed by atoms with Gasteiger partial charge >= 0.3 is 6.43 Å². The molecule has 2 amide bonds. The van der Waals surface area contributed by atoms with E-state index in [0.717, 1.165) is 10.0 Å². The molecule has 1 aliphatic rings. The maximum absolute atomic E-state index is 12.2. The highest BCUT2D eigenvalue weighted by Gasteiger charge is 2.35. The molecule has 1 heterocycles. The Hall–Kier alpha value is -1.50. The number of carbonyl (C=O) groups is 2. The standard InChI is InChI=1S/C13H13BrF2N2O2/c1-7-6-8(2-3-9(7)14)18-5-4-10(13(18)20)17-12(19)11(15)16/h2-3,6,10-11H,4-5H2,1H3,(H,17,19)/t10-/m0/s1. The van der Waals surface area contributed by atoms with Crippen molar-refractivity contribution in [2.24, 2.45) is 0 Å². The number of nitrogens with one attached hydrogen (secondary N) is 1. The van der Waals surface area contributed by atoms with Crippen molar-refractivity contribution in [1.29, 1.82) is 0 Å². The Kier molecular flexibility index (Phi) is 4.37. The van der Waals surface area contributed by atoms with Gasteiger partial charge in [0.15, 0.2) is 0 Å². The van der Waals surface area contributed by atoms with Gasteiger partial charge in [-0.15, -0.1) is 0 Å². The van der Waals surface area contributed by atoms with Crippen molar-refractivity contribution in [3.63, 3.8) is 0 Å². The zero-order valence-corrected chi connectivity index (χ0v) is 12.3. The van der Waals surface area contributed by atoms with E-state index in [-0.39, 0.29) is 5.91 Å². The average molecular weight is 347 g/mol. The van der Waals surface area contributed by atoms with Gasteiger partial charge in [-0.1, -0.05) is 15.9 Å². The van der Waals surface area contributed by atoms with Crippen molar-refractivity contribution >= 4 is 33.4 Å². The van der Waals surface area contributed by atoms with Gasteiger partial charge in [0, 0.05) is 16.7 Å². The lowest BCUT2D eigenvalue weighted by atomic mass is 10.2. The molecule has 1 fully saturated rings. The van der Waals surface area contributed by atoms with Crippen LogP contribution in [0.3, 0.4) is 0 Å². The summed E-state index contributed by atoms with van der Waals surface area (Å²) < 4.78 is 25.3. The van der Waals surface area contributed by atoms with E-state index in [1.54, 1.807) is 6.07 Å². The average Bonchev–Trinajstić information content (AvgIpc) is 2.74. The highest BCUT2D eigenvalue weighted by Crippen LogP contribution is 2.26. The van der Waals surface area contributed by atoms with Gasteiger partial charge in [0.25, 0.3) is 5.91 Å². The summed E-state index contributed by atoms with van der Waals surface area (Å²) in [6, 6.07) is 4.55. The summed E-state index contributed by atoms with van der Waals surface area (Å²) in [6.45, 7) is 2.29. The molecule has 2 rings (SSSR count). The van der Waals surface area contributed by atoms with Crippen LogP contribution in [-0.4, -0.2) is 30.8 Å². The van der Waals surface area contributed by atoms with Gasteiger partial charge < -0.3 is 10.2 Å². The Morgan fingerprint density at radius 1 is 1.50 bits per heavy atom. The number of rotatable bonds is 3. The molecule has 4 nitrogen and oxygen atoms in total. The van der Waals surface area contributed by atoms with Crippen LogP contribution >= 0.6 is 15.9 Å². The molecule has 0 spiro atoms. The molecule has 0 aromatic heterocycles. The smallest absolute Gasteiger partial charge is 0.315 e. The second kappa shape index (κ2) is 5.87. The van der Waals surface area contributed by atoms with Gasteiger partial charge in [0.1, 0.15) is 6.04 Å². The number of halogens is 3. The fourth-order valence-corrected chi connectivity index (χ4v) is 2.35. The van der Waals surface area contributed by atoms with E-state index in [9.17, 15) is 18.4 Å². The van der Waals surface area contributed by atoms with Gasteiger partial charge in [0.05, 0.1) is 0 Å². The lowest BCUT2D eigenvalue weighted by Crippen LogP contribution is -2.43. The molecular weight excluding hydrogens is 334 g/mol. The largest absolute Gasteiger partial charge is 0.339 e. The van der Waals surface area contributed by atoms with E-state index >= 15 is 0 Å². The number of aryl methyl sites for hydroxylation is 1. The van der Waals surface area contributed by atoms with Crippen LogP contribution in [-0.2, 0) is 9.59 Å².